The summed E-state index contributed by atoms with van der Waals surface area (Å²) >= 11 is 0. The summed E-state index contributed by atoms with van der Waals surface area (Å²) < 4.78 is 0. The summed E-state index contributed by atoms with van der Waals surface area (Å²) in [7, 11) is 4.09. The summed E-state index contributed by atoms with van der Waals surface area (Å²) in [5.74, 6) is 0.0888. The third-order valence-corrected chi connectivity index (χ3v) is 4.88. The fraction of sp³-hybridized carbons (Fsp3) is 0.292. The number of likely N-dealkylation sites (N-methyl/N-ethyl adjacent to an activating group) is 1. The quantitative estimate of drug-likeness (QED) is 0.687. The van der Waals surface area contributed by atoms with Crippen LogP contribution in [0, 0.1) is 0 Å². The molecule has 134 valence electrons. The zero-order valence-corrected chi connectivity index (χ0v) is 16.3. The molecule has 26 heavy (non-hydrogen) atoms. The molecule has 0 unspecified atom stereocenters. The normalized spacial score (nSPS) is 14.0. The molecule has 2 nitrogen and oxygen atoms in total. The van der Waals surface area contributed by atoms with Crippen molar-refractivity contribution in [3.63, 3.8) is 0 Å². The minimum Gasteiger partial charge on any atom is -0.378 e. The van der Waals surface area contributed by atoms with Gasteiger partial charge in [-0.2, -0.15) is 0 Å². The first-order valence-electron chi connectivity index (χ1n) is 9.10. The van der Waals surface area contributed by atoms with Crippen molar-refractivity contribution in [3.8, 4) is 0 Å². The predicted octanol–water partition coefficient (Wildman–Crippen LogP) is 5.45. The van der Waals surface area contributed by atoms with Crippen molar-refractivity contribution < 1.29 is 4.79 Å². The van der Waals surface area contributed by atoms with E-state index in [2.05, 4.69) is 56.0 Å². The number of rotatable bonds is 4. The number of carbonyl (C=O) groups excluding carboxylic acids is 1. The molecule has 0 heterocycles. The Bertz CT molecular complexity index is 880. The van der Waals surface area contributed by atoms with Crippen LogP contribution < -0.4 is 0 Å². The van der Waals surface area contributed by atoms with Crippen LogP contribution in [0.15, 0.2) is 66.4 Å². The largest absolute Gasteiger partial charge is 0.378 e. The summed E-state index contributed by atoms with van der Waals surface area (Å²) in [5.41, 5.74) is 6.15. The van der Waals surface area contributed by atoms with Crippen molar-refractivity contribution in [2.75, 3.05) is 14.1 Å². The Morgan fingerprint density at radius 1 is 1.00 bits per heavy atom. The highest BCUT2D eigenvalue weighted by Gasteiger charge is 2.22. The van der Waals surface area contributed by atoms with Crippen molar-refractivity contribution >= 4 is 11.4 Å². The summed E-state index contributed by atoms with van der Waals surface area (Å²) in [6.07, 6.45) is 5.26. The Labute approximate surface area is 156 Å². The summed E-state index contributed by atoms with van der Waals surface area (Å²) in [5, 5.41) is 0. The second-order valence-electron chi connectivity index (χ2n) is 8.10. The fourth-order valence-corrected chi connectivity index (χ4v) is 3.23. The van der Waals surface area contributed by atoms with Gasteiger partial charge in [0.15, 0.2) is 5.78 Å². The zero-order valence-electron chi connectivity index (χ0n) is 16.3. The van der Waals surface area contributed by atoms with Crippen LogP contribution in [0.2, 0.25) is 0 Å². The van der Waals surface area contributed by atoms with Gasteiger partial charge in [0.1, 0.15) is 0 Å². The summed E-state index contributed by atoms with van der Waals surface area (Å²) in [6, 6.07) is 15.9. The lowest BCUT2D eigenvalue weighted by Gasteiger charge is -2.21. The highest BCUT2D eigenvalue weighted by Crippen LogP contribution is 2.34. The third-order valence-electron chi connectivity index (χ3n) is 4.88. The minimum absolute atomic E-state index is 0.00134. The molecule has 2 heteroatoms. The first-order chi connectivity index (χ1) is 12.3. The fourth-order valence-electron chi connectivity index (χ4n) is 3.23. The number of nitrogens with zero attached hydrogens (tertiary/aromatic N) is 1. The molecule has 0 saturated heterocycles. The average molecular weight is 345 g/mol. The Balaban J connectivity index is 2.11. The highest BCUT2D eigenvalue weighted by atomic mass is 16.1. The van der Waals surface area contributed by atoms with Gasteiger partial charge in [-0.1, -0.05) is 69.3 Å². The lowest BCUT2D eigenvalue weighted by molar-refractivity contribution is 0.103. The second kappa shape index (κ2) is 6.95. The molecule has 0 radical (unpaired) electrons. The van der Waals surface area contributed by atoms with E-state index in [1.165, 1.54) is 16.8 Å². The van der Waals surface area contributed by atoms with Gasteiger partial charge in [-0.05, 0) is 40.7 Å². The van der Waals surface area contributed by atoms with Gasteiger partial charge in [-0.25, -0.2) is 0 Å². The first kappa shape index (κ1) is 18.2. The SMILES string of the molecule is CN(C)C1=CCC(c2ccc(C(C)(C)C)cc2C(=O)c2ccccc2)=C1. The van der Waals surface area contributed by atoms with Crippen molar-refractivity contribution in [3.05, 3.63) is 88.6 Å². The number of benzene rings is 2. The van der Waals surface area contributed by atoms with Gasteiger partial charge < -0.3 is 4.90 Å². The van der Waals surface area contributed by atoms with Crippen molar-refractivity contribution in [1.29, 1.82) is 0 Å². The van der Waals surface area contributed by atoms with Crippen molar-refractivity contribution in [2.24, 2.45) is 0 Å². The first-order valence-corrected chi connectivity index (χ1v) is 9.10. The number of allylic oxidation sites excluding steroid dienone is 3. The molecule has 0 saturated carbocycles. The Morgan fingerprint density at radius 3 is 2.27 bits per heavy atom. The molecular weight excluding hydrogens is 318 g/mol. The van der Waals surface area contributed by atoms with Crippen LogP contribution in [0.4, 0.5) is 0 Å². The van der Waals surface area contributed by atoms with Gasteiger partial charge in [0.05, 0.1) is 0 Å². The predicted molar refractivity (Wildman–Crippen MR) is 109 cm³/mol. The van der Waals surface area contributed by atoms with Gasteiger partial charge in [-0.3, -0.25) is 4.79 Å². The maximum atomic E-state index is 13.3. The molecule has 0 aromatic heterocycles. The van der Waals surface area contributed by atoms with Crippen molar-refractivity contribution in [1.82, 2.24) is 4.90 Å². The van der Waals surface area contributed by atoms with Gasteiger partial charge in [-0.15, -0.1) is 0 Å². The van der Waals surface area contributed by atoms with Crippen LogP contribution in [0.5, 0.6) is 0 Å². The van der Waals surface area contributed by atoms with Crippen LogP contribution in [0.25, 0.3) is 5.57 Å². The topological polar surface area (TPSA) is 20.3 Å². The van der Waals surface area contributed by atoms with Crippen molar-refractivity contribution in [2.45, 2.75) is 32.6 Å². The highest BCUT2D eigenvalue weighted by molar-refractivity contribution is 6.12. The Kier molecular flexibility index (Phi) is 4.86. The molecule has 0 bridgehead atoms. The molecule has 3 rings (SSSR count). The molecular formula is C24H27NO. The van der Waals surface area contributed by atoms with Gasteiger partial charge in [0.25, 0.3) is 0 Å². The molecule has 0 N–H and O–H groups in total. The van der Waals surface area contributed by atoms with Crippen LogP contribution in [0.3, 0.4) is 0 Å². The van der Waals surface area contributed by atoms with E-state index in [0.717, 1.165) is 23.1 Å². The summed E-state index contributed by atoms with van der Waals surface area (Å²) in [4.78, 5) is 15.4. The Morgan fingerprint density at radius 2 is 1.69 bits per heavy atom. The van der Waals surface area contributed by atoms with Crippen LogP contribution >= 0.6 is 0 Å². The number of carbonyl (C=O) groups is 1. The smallest absolute Gasteiger partial charge is 0.193 e. The lowest BCUT2D eigenvalue weighted by atomic mass is 9.83. The van der Waals surface area contributed by atoms with Gasteiger partial charge in [0, 0.05) is 30.9 Å². The number of ketones is 1. The third kappa shape index (κ3) is 3.65. The second-order valence-corrected chi connectivity index (χ2v) is 8.10. The molecule has 0 fully saturated rings. The van der Waals surface area contributed by atoms with E-state index in [-0.39, 0.29) is 11.2 Å². The van der Waals surface area contributed by atoms with Crippen LogP contribution in [-0.2, 0) is 5.41 Å². The molecule has 2 aromatic carbocycles. The van der Waals surface area contributed by atoms with E-state index in [0.29, 0.717) is 0 Å². The van der Waals surface area contributed by atoms with E-state index >= 15 is 0 Å². The van der Waals surface area contributed by atoms with Gasteiger partial charge in [0.2, 0.25) is 0 Å². The maximum Gasteiger partial charge on any atom is 0.193 e. The molecule has 1 aliphatic carbocycles. The molecule has 0 atom stereocenters. The molecule has 0 spiro atoms. The van der Waals surface area contributed by atoms with Crippen LogP contribution in [-0.4, -0.2) is 24.8 Å². The molecule has 2 aromatic rings. The van der Waals surface area contributed by atoms with E-state index in [4.69, 9.17) is 0 Å². The average Bonchev–Trinajstić information content (AvgIpc) is 3.11. The zero-order chi connectivity index (χ0) is 18.9. The summed E-state index contributed by atoms with van der Waals surface area (Å²) in [6.45, 7) is 6.54. The van der Waals surface area contributed by atoms with E-state index < -0.39 is 0 Å². The molecule has 0 aliphatic heterocycles. The number of hydrogen-bond donors (Lipinski definition) is 0. The van der Waals surface area contributed by atoms with E-state index in [1.807, 2.05) is 44.4 Å². The molecule has 1 aliphatic rings. The molecule has 0 amide bonds. The lowest BCUT2D eigenvalue weighted by Crippen LogP contribution is -2.14. The standard InChI is InChI=1S/C24H27NO/c1-24(2,3)19-12-14-21(18-11-13-20(15-18)25(4)5)22(16-19)23(26)17-9-7-6-8-10-17/h6-10,12-16H,11H2,1-5H3. The Hall–Kier alpha value is -2.61. The van der Waals surface area contributed by atoms with Gasteiger partial charge >= 0.3 is 0 Å². The minimum atomic E-state index is 0.00134. The van der Waals surface area contributed by atoms with Crippen LogP contribution in [0.1, 0.15) is 54.2 Å². The monoisotopic (exact) mass is 345 g/mol. The maximum absolute atomic E-state index is 13.3. The van der Waals surface area contributed by atoms with E-state index in [1.54, 1.807) is 0 Å². The number of hydrogen-bond acceptors (Lipinski definition) is 2. The van der Waals surface area contributed by atoms with E-state index in [9.17, 15) is 4.79 Å².